The Labute approximate surface area is 203 Å². The lowest BCUT2D eigenvalue weighted by Gasteiger charge is -2.29. The second-order valence-electron chi connectivity index (χ2n) is 8.92. The predicted octanol–water partition coefficient (Wildman–Crippen LogP) is 0.179. The van der Waals surface area contributed by atoms with Gasteiger partial charge in [-0.1, -0.05) is 35.8 Å². The molecule has 2 aromatic rings. The van der Waals surface area contributed by atoms with E-state index in [2.05, 4.69) is 5.32 Å². The predicted molar refractivity (Wildman–Crippen MR) is 125 cm³/mol. The van der Waals surface area contributed by atoms with Crippen LogP contribution in [0.4, 0.5) is 0 Å². The molecule has 2 fully saturated rings. The highest BCUT2D eigenvalue weighted by atomic mass is 16.5. The summed E-state index contributed by atoms with van der Waals surface area (Å²) in [5.74, 6) is -0.608. The number of hydrogen-bond donors (Lipinski definition) is 1. The number of hydrogen-bond acceptors (Lipinski definition) is 6. The normalized spacial score (nSPS) is 20.2. The van der Waals surface area contributed by atoms with E-state index in [0.717, 1.165) is 11.1 Å². The number of carbonyl (C=O) groups is 4. The Bertz CT molecular complexity index is 1200. The summed E-state index contributed by atoms with van der Waals surface area (Å²) in [6, 6.07) is 10.4. The van der Waals surface area contributed by atoms with Crippen LogP contribution in [0.5, 0.6) is 5.75 Å². The van der Waals surface area contributed by atoms with Crippen molar-refractivity contribution in [3.8, 4) is 5.75 Å². The van der Waals surface area contributed by atoms with Crippen LogP contribution in [0, 0.1) is 0 Å². The fourth-order valence-electron chi connectivity index (χ4n) is 4.62. The van der Waals surface area contributed by atoms with Gasteiger partial charge in [-0.25, -0.2) is 0 Å². The molecule has 2 aromatic carbocycles. The van der Waals surface area contributed by atoms with Crippen molar-refractivity contribution in [2.75, 3.05) is 19.8 Å². The number of nitrogens with zero attached hydrogens (tertiary/aromatic N) is 2. The molecule has 5 rings (SSSR count). The lowest BCUT2D eigenvalue weighted by atomic mass is 9.92. The summed E-state index contributed by atoms with van der Waals surface area (Å²) < 4.78 is 11.2. The molecule has 3 heterocycles. The number of benzene rings is 2. The summed E-state index contributed by atoms with van der Waals surface area (Å²) in [5, 5.41) is 2.30. The second-order valence-corrected chi connectivity index (χ2v) is 8.92. The molecule has 35 heavy (non-hydrogen) atoms. The molecule has 0 aromatic heterocycles. The standard InChI is InChI=1S/C25H24BN3O6/c26-17-9-18-19(12-29(25(18)33)20-5-6-22(30)27-24(20)32)21(10-17)35-13-16-3-1-15(2-4-16)11-28-7-8-34-14-23(28)31/h1-4,9-10,20H,5-8,11-14H2,(H,27,30,32). The van der Waals surface area contributed by atoms with Crippen LogP contribution in [0.15, 0.2) is 36.4 Å². The molecule has 0 spiro atoms. The first kappa shape index (κ1) is 23.1. The number of ether oxygens (including phenoxy) is 2. The summed E-state index contributed by atoms with van der Waals surface area (Å²) in [6.45, 7) is 2.26. The third-order valence-electron chi connectivity index (χ3n) is 6.51. The van der Waals surface area contributed by atoms with Crippen LogP contribution in [0.1, 0.15) is 39.9 Å². The first-order valence-corrected chi connectivity index (χ1v) is 11.5. The van der Waals surface area contributed by atoms with Crippen molar-refractivity contribution in [1.29, 1.82) is 0 Å². The molecule has 1 atom stereocenters. The average Bonchev–Trinajstić information content (AvgIpc) is 3.16. The third-order valence-corrected chi connectivity index (χ3v) is 6.51. The topological polar surface area (TPSA) is 105 Å². The van der Waals surface area contributed by atoms with Crippen LogP contribution < -0.4 is 15.5 Å². The van der Waals surface area contributed by atoms with Crippen molar-refractivity contribution in [2.45, 2.75) is 38.6 Å². The maximum absolute atomic E-state index is 13.0. The molecule has 0 saturated carbocycles. The van der Waals surface area contributed by atoms with E-state index in [-0.39, 0.29) is 43.9 Å². The number of rotatable bonds is 6. The quantitative estimate of drug-likeness (QED) is 0.474. The second kappa shape index (κ2) is 9.54. The number of nitrogens with one attached hydrogen (secondary N) is 1. The summed E-state index contributed by atoms with van der Waals surface area (Å²) in [6.07, 6.45) is 0.482. The van der Waals surface area contributed by atoms with Crippen LogP contribution >= 0.6 is 0 Å². The largest absolute Gasteiger partial charge is 0.489 e. The van der Waals surface area contributed by atoms with Crippen LogP contribution in [0.2, 0.25) is 0 Å². The lowest BCUT2D eigenvalue weighted by molar-refractivity contribution is -0.143. The molecule has 3 aliphatic rings. The highest BCUT2D eigenvalue weighted by molar-refractivity contribution is 6.33. The lowest BCUT2D eigenvalue weighted by Crippen LogP contribution is -2.52. The number of imide groups is 1. The van der Waals surface area contributed by atoms with Crippen LogP contribution in [0.3, 0.4) is 0 Å². The number of piperidine rings is 1. The smallest absolute Gasteiger partial charge is 0.255 e. The highest BCUT2D eigenvalue weighted by Gasteiger charge is 2.40. The molecule has 10 heteroatoms. The summed E-state index contributed by atoms with van der Waals surface area (Å²) in [7, 11) is 6.04. The Morgan fingerprint density at radius 3 is 2.60 bits per heavy atom. The zero-order valence-corrected chi connectivity index (χ0v) is 19.1. The number of fused-ring (bicyclic) bond motifs is 1. The maximum Gasteiger partial charge on any atom is 0.255 e. The van der Waals surface area contributed by atoms with Gasteiger partial charge in [-0.3, -0.25) is 24.5 Å². The average molecular weight is 473 g/mol. The first-order chi connectivity index (χ1) is 16.9. The molecule has 0 aliphatic carbocycles. The van der Waals surface area contributed by atoms with Gasteiger partial charge < -0.3 is 19.3 Å². The SMILES string of the molecule is [B]c1cc(OCc2ccc(CN3CCOCC3=O)cc2)c2c(c1)C(=O)N(C1CCC(=O)NC1=O)C2. The number of carbonyl (C=O) groups excluding carboxylic acids is 4. The Kier molecular flexibility index (Phi) is 6.30. The van der Waals surface area contributed by atoms with E-state index >= 15 is 0 Å². The van der Waals surface area contributed by atoms with Gasteiger partial charge in [0.2, 0.25) is 17.7 Å². The number of morpholine rings is 1. The van der Waals surface area contributed by atoms with Gasteiger partial charge in [0.25, 0.3) is 5.91 Å². The van der Waals surface area contributed by atoms with Gasteiger partial charge in [0.1, 0.15) is 32.9 Å². The minimum atomic E-state index is -0.701. The van der Waals surface area contributed by atoms with E-state index in [9.17, 15) is 19.2 Å². The van der Waals surface area contributed by atoms with Gasteiger partial charge in [-0.2, -0.15) is 0 Å². The maximum atomic E-state index is 13.0. The van der Waals surface area contributed by atoms with E-state index in [4.69, 9.17) is 17.3 Å². The van der Waals surface area contributed by atoms with E-state index in [1.807, 2.05) is 24.3 Å². The van der Waals surface area contributed by atoms with Gasteiger partial charge >= 0.3 is 0 Å². The van der Waals surface area contributed by atoms with Crippen molar-refractivity contribution < 1.29 is 28.7 Å². The molecule has 0 bridgehead atoms. The Hall–Kier alpha value is -3.66. The summed E-state index contributed by atoms with van der Waals surface area (Å²) in [5.41, 5.74) is 3.42. The molecule has 3 aliphatic heterocycles. The molecular formula is C25H24BN3O6. The van der Waals surface area contributed by atoms with Gasteiger partial charge in [-0.05, 0) is 23.6 Å². The van der Waals surface area contributed by atoms with Gasteiger partial charge in [0, 0.05) is 30.6 Å². The minimum absolute atomic E-state index is 0.0138. The zero-order chi connectivity index (χ0) is 24.5. The molecule has 2 saturated heterocycles. The monoisotopic (exact) mass is 473 g/mol. The fraction of sp³-hybridized carbons (Fsp3) is 0.360. The third kappa shape index (κ3) is 4.79. The first-order valence-electron chi connectivity index (χ1n) is 11.5. The van der Waals surface area contributed by atoms with E-state index in [1.165, 1.54) is 4.90 Å². The Morgan fingerprint density at radius 2 is 1.86 bits per heavy atom. The van der Waals surface area contributed by atoms with E-state index < -0.39 is 11.9 Å². The van der Waals surface area contributed by atoms with Crippen LogP contribution in [0.25, 0.3) is 0 Å². The van der Waals surface area contributed by atoms with E-state index in [1.54, 1.807) is 17.0 Å². The molecule has 9 nitrogen and oxygen atoms in total. The molecular weight excluding hydrogens is 449 g/mol. The summed E-state index contributed by atoms with van der Waals surface area (Å²) >= 11 is 0. The van der Waals surface area contributed by atoms with E-state index in [0.29, 0.717) is 48.5 Å². The van der Waals surface area contributed by atoms with Crippen LogP contribution in [-0.2, 0) is 38.8 Å². The fourth-order valence-corrected chi connectivity index (χ4v) is 4.62. The van der Waals surface area contributed by atoms with Crippen molar-refractivity contribution >= 4 is 36.9 Å². The van der Waals surface area contributed by atoms with Gasteiger partial charge in [0.15, 0.2) is 0 Å². The van der Waals surface area contributed by atoms with Crippen LogP contribution in [-0.4, -0.2) is 67.1 Å². The Balaban J connectivity index is 1.26. The number of amides is 4. The molecule has 178 valence electrons. The molecule has 1 N–H and O–H groups in total. The van der Waals surface area contributed by atoms with Crippen molar-refractivity contribution in [1.82, 2.24) is 15.1 Å². The van der Waals surface area contributed by atoms with Crippen molar-refractivity contribution in [3.63, 3.8) is 0 Å². The van der Waals surface area contributed by atoms with Gasteiger partial charge in [0.05, 0.1) is 13.2 Å². The molecule has 1 unspecified atom stereocenters. The zero-order valence-electron chi connectivity index (χ0n) is 19.1. The molecule has 2 radical (unpaired) electrons. The minimum Gasteiger partial charge on any atom is -0.489 e. The van der Waals surface area contributed by atoms with Crippen molar-refractivity contribution in [2.24, 2.45) is 0 Å². The van der Waals surface area contributed by atoms with Gasteiger partial charge in [-0.15, -0.1) is 0 Å². The molecule has 4 amide bonds. The summed E-state index contributed by atoms with van der Waals surface area (Å²) in [4.78, 5) is 52.0. The highest BCUT2D eigenvalue weighted by Crippen LogP contribution is 2.33. The Morgan fingerprint density at radius 1 is 1.09 bits per heavy atom. The van der Waals surface area contributed by atoms with Crippen molar-refractivity contribution in [3.05, 3.63) is 58.7 Å².